The van der Waals surface area contributed by atoms with Gasteiger partial charge in [-0.25, -0.2) is 24.9 Å². The summed E-state index contributed by atoms with van der Waals surface area (Å²) in [7, 11) is 3.53. The molecule has 0 bridgehead atoms. The van der Waals surface area contributed by atoms with Crippen LogP contribution in [0.3, 0.4) is 0 Å². The predicted molar refractivity (Wildman–Crippen MR) is 173 cm³/mol. The van der Waals surface area contributed by atoms with E-state index in [1.54, 1.807) is 37.6 Å². The minimum Gasteiger partial charge on any atom is -0.478 e. The van der Waals surface area contributed by atoms with Gasteiger partial charge in [-0.15, -0.1) is 5.06 Å². The summed E-state index contributed by atoms with van der Waals surface area (Å²) in [5.74, 6) is 0.546. The fraction of sp³-hybridized carbons (Fsp3) is 0.500. The van der Waals surface area contributed by atoms with Gasteiger partial charge in [0, 0.05) is 57.3 Å². The average molecular weight is 672 g/mol. The maximum atomic E-state index is 13.8. The summed E-state index contributed by atoms with van der Waals surface area (Å²) in [6.45, 7) is 12.0. The number of imidazole rings is 1. The Labute approximate surface area is 276 Å². The van der Waals surface area contributed by atoms with E-state index in [1.165, 1.54) is 13.0 Å². The topological polar surface area (TPSA) is 135 Å². The van der Waals surface area contributed by atoms with Crippen LogP contribution in [0.25, 0.3) is 33.9 Å². The number of aromatic amines is 1. The van der Waals surface area contributed by atoms with Gasteiger partial charge in [-0.1, -0.05) is 13.8 Å². The first-order valence-corrected chi connectivity index (χ1v) is 15.5. The molecule has 16 heteroatoms. The Morgan fingerprint density at radius 1 is 1.08 bits per heavy atom. The molecule has 4 aromatic rings. The normalized spacial score (nSPS) is 16.0. The summed E-state index contributed by atoms with van der Waals surface area (Å²) in [4.78, 5) is 46.3. The molecule has 0 aliphatic carbocycles. The molecule has 1 aliphatic rings. The lowest BCUT2D eigenvalue weighted by Gasteiger charge is -2.38. The van der Waals surface area contributed by atoms with Gasteiger partial charge in [0.15, 0.2) is 11.5 Å². The first kappa shape index (κ1) is 34.8. The van der Waals surface area contributed by atoms with Crippen LogP contribution in [0.2, 0.25) is 0 Å². The number of aromatic nitrogens is 6. The van der Waals surface area contributed by atoms with Crippen molar-refractivity contribution in [1.29, 1.82) is 0 Å². The van der Waals surface area contributed by atoms with Crippen LogP contribution in [0.15, 0.2) is 30.6 Å². The molecule has 5 rings (SSSR count). The SMILES string of the molecule is CCOc1cc(-c2cc(N(C)CC(C)(C)COC)c3[nH]c(-c4cnc(N5CCN(OC(C)=O)C[C@H]5C)cn4)nc3n2)cc(C(F)(F)F)n1. The molecule has 5 heterocycles. The van der Waals surface area contributed by atoms with Crippen LogP contribution in [0.1, 0.15) is 40.3 Å². The van der Waals surface area contributed by atoms with Gasteiger partial charge in [-0.2, -0.15) is 13.2 Å². The van der Waals surface area contributed by atoms with E-state index in [9.17, 15) is 18.0 Å². The molecule has 1 aliphatic heterocycles. The van der Waals surface area contributed by atoms with Crippen LogP contribution >= 0.6 is 0 Å². The van der Waals surface area contributed by atoms with Crippen molar-refractivity contribution in [2.75, 3.05) is 63.4 Å². The third-order valence-corrected chi connectivity index (χ3v) is 7.76. The van der Waals surface area contributed by atoms with Crippen LogP contribution in [0.4, 0.5) is 24.7 Å². The van der Waals surface area contributed by atoms with Crippen molar-refractivity contribution in [2.24, 2.45) is 5.41 Å². The molecule has 0 aromatic carbocycles. The number of alkyl halides is 3. The highest BCUT2D eigenvalue weighted by molar-refractivity contribution is 5.91. The molecule has 1 atom stereocenters. The van der Waals surface area contributed by atoms with E-state index in [1.807, 2.05) is 18.9 Å². The number of carbonyl (C=O) groups excluding carboxylic acids is 1. The van der Waals surface area contributed by atoms with Gasteiger partial charge in [0.2, 0.25) is 5.88 Å². The average Bonchev–Trinajstić information content (AvgIpc) is 3.44. The van der Waals surface area contributed by atoms with Crippen LogP contribution in [-0.4, -0.2) is 101 Å². The molecule has 13 nitrogen and oxygen atoms in total. The number of halogens is 3. The number of ether oxygens (including phenoxy) is 2. The number of piperazine rings is 1. The minimum atomic E-state index is -4.69. The van der Waals surface area contributed by atoms with Crippen molar-refractivity contribution in [3.8, 4) is 28.7 Å². The molecule has 0 unspecified atom stereocenters. The first-order valence-electron chi connectivity index (χ1n) is 15.5. The Hall–Kier alpha value is -4.57. The van der Waals surface area contributed by atoms with Gasteiger partial charge in [0.25, 0.3) is 0 Å². The summed E-state index contributed by atoms with van der Waals surface area (Å²) in [5.41, 5.74) is 1.12. The van der Waals surface area contributed by atoms with E-state index < -0.39 is 11.9 Å². The van der Waals surface area contributed by atoms with Crippen molar-refractivity contribution in [3.63, 3.8) is 0 Å². The summed E-state index contributed by atoms with van der Waals surface area (Å²) in [5, 5.41) is 1.64. The van der Waals surface area contributed by atoms with Crippen LogP contribution < -0.4 is 14.5 Å². The van der Waals surface area contributed by atoms with E-state index in [0.29, 0.717) is 67.0 Å². The highest BCUT2D eigenvalue weighted by Crippen LogP contribution is 2.36. The maximum Gasteiger partial charge on any atom is 0.433 e. The van der Waals surface area contributed by atoms with Gasteiger partial charge < -0.3 is 29.1 Å². The van der Waals surface area contributed by atoms with Crippen LogP contribution in [0, 0.1) is 5.41 Å². The number of methoxy groups -OCH3 is 1. The number of rotatable bonds is 11. The highest BCUT2D eigenvalue weighted by Gasteiger charge is 2.34. The summed E-state index contributed by atoms with van der Waals surface area (Å²) in [6, 6.07) is 4.14. The number of hydrogen-bond acceptors (Lipinski definition) is 12. The lowest BCUT2D eigenvalue weighted by Crippen LogP contribution is -2.52. The molecule has 48 heavy (non-hydrogen) atoms. The maximum absolute atomic E-state index is 13.8. The fourth-order valence-corrected chi connectivity index (χ4v) is 5.85. The molecule has 0 radical (unpaired) electrons. The zero-order valence-corrected chi connectivity index (χ0v) is 28.1. The van der Waals surface area contributed by atoms with E-state index in [-0.39, 0.29) is 41.2 Å². The second-order valence-corrected chi connectivity index (χ2v) is 12.5. The van der Waals surface area contributed by atoms with Gasteiger partial charge in [-0.3, -0.25) is 4.79 Å². The molecule has 1 fully saturated rings. The van der Waals surface area contributed by atoms with Crippen molar-refractivity contribution >= 4 is 28.6 Å². The van der Waals surface area contributed by atoms with Gasteiger partial charge in [0.05, 0.1) is 50.1 Å². The smallest absolute Gasteiger partial charge is 0.433 e. The standard InChI is InChI=1S/C32H40F3N9O4/c1-8-47-27-12-21(11-25(39-27)32(33,34)35)22-13-24(42(6)17-31(4,5)18-46-7)28-30(38-22)41-29(40-28)23-14-37-26(15-36-23)44-10-9-43(16-19(44)2)48-20(3)45/h11-15,19H,8-10,16-18H2,1-7H3,(H,38,40,41)/t19-/m1/s1. The van der Waals surface area contributed by atoms with Gasteiger partial charge in [-0.05, 0) is 26.0 Å². The lowest BCUT2D eigenvalue weighted by atomic mass is 9.94. The number of nitrogens with one attached hydrogen (secondary N) is 1. The zero-order valence-electron chi connectivity index (χ0n) is 28.1. The van der Waals surface area contributed by atoms with Crippen LogP contribution in [-0.2, 0) is 20.5 Å². The molecular weight excluding hydrogens is 631 g/mol. The van der Waals surface area contributed by atoms with Crippen LogP contribution in [0.5, 0.6) is 5.88 Å². The minimum absolute atomic E-state index is 0.0156. The quantitative estimate of drug-likeness (QED) is 0.230. The zero-order chi connectivity index (χ0) is 34.8. The second-order valence-electron chi connectivity index (χ2n) is 12.5. The van der Waals surface area contributed by atoms with E-state index in [2.05, 4.69) is 43.7 Å². The molecule has 1 N–H and O–H groups in total. The third-order valence-electron chi connectivity index (χ3n) is 7.76. The molecule has 0 saturated carbocycles. The Bertz CT molecular complexity index is 1750. The van der Waals surface area contributed by atoms with Crippen molar-refractivity contribution in [1.82, 2.24) is 35.0 Å². The monoisotopic (exact) mass is 671 g/mol. The summed E-state index contributed by atoms with van der Waals surface area (Å²) >= 11 is 0. The van der Waals surface area contributed by atoms with Gasteiger partial charge in [0.1, 0.15) is 22.7 Å². The molecule has 0 spiro atoms. The number of carbonyl (C=O) groups is 1. The Kier molecular flexibility index (Phi) is 10.1. The Morgan fingerprint density at radius 3 is 2.48 bits per heavy atom. The van der Waals surface area contributed by atoms with E-state index in [4.69, 9.17) is 19.3 Å². The largest absolute Gasteiger partial charge is 0.478 e. The molecule has 258 valence electrons. The second kappa shape index (κ2) is 13.9. The Balaban J connectivity index is 1.53. The number of pyridine rings is 2. The number of hydroxylamine groups is 2. The number of anilines is 2. The highest BCUT2D eigenvalue weighted by atomic mass is 19.4. The van der Waals surface area contributed by atoms with Gasteiger partial charge >= 0.3 is 12.1 Å². The summed E-state index contributed by atoms with van der Waals surface area (Å²) < 4.78 is 52.3. The lowest BCUT2D eigenvalue weighted by molar-refractivity contribution is -0.190. The Morgan fingerprint density at radius 2 is 1.85 bits per heavy atom. The number of fused-ring (bicyclic) bond motifs is 1. The van der Waals surface area contributed by atoms with E-state index >= 15 is 0 Å². The first-order chi connectivity index (χ1) is 22.7. The third kappa shape index (κ3) is 7.93. The number of hydrogen-bond donors (Lipinski definition) is 1. The number of nitrogens with zero attached hydrogens (tertiary/aromatic N) is 8. The fourth-order valence-electron chi connectivity index (χ4n) is 5.85. The molecule has 4 aromatic heterocycles. The molecular formula is C32H40F3N9O4. The van der Waals surface area contributed by atoms with Crippen molar-refractivity contribution in [2.45, 2.75) is 46.8 Å². The van der Waals surface area contributed by atoms with E-state index in [0.717, 1.165) is 6.07 Å². The van der Waals surface area contributed by atoms with Crippen molar-refractivity contribution in [3.05, 3.63) is 36.3 Å². The molecule has 0 amide bonds. The predicted octanol–water partition coefficient (Wildman–Crippen LogP) is 4.99. The van der Waals surface area contributed by atoms with Crippen molar-refractivity contribution < 1.29 is 32.3 Å². The number of H-pyrrole nitrogens is 1. The summed E-state index contributed by atoms with van der Waals surface area (Å²) in [6.07, 6.45) is -1.42. The molecule has 1 saturated heterocycles.